The van der Waals surface area contributed by atoms with Crippen molar-refractivity contribution in [2.24, 2.45) is 0 Å². The average Bonchev–Trinajstić information content (AvgIpc) is 3.11. The molecule has 4 nitrogen and oxygen atoms in total. The van der Waals surface area contributed by atoms with Crippen LogP contribution in [0.3, 0.4) is 0 Å². The Kier molecular flexibility index (Phi) is 3.01. The monoisotopic (exact) mass is 306 g/mol. The average molecular weight is 306 g/mol. The van der Waals surface area contributed by atoms with Crippen LogP contribution >= 0.6 is 0 Å². The second kappa shape index (κ2) is 5.05. The number of aryl methyl sites for hydroxylation is 2. The molecule has 3 aromatic heterocycles. The maximum atomic E-state index is 13.2. The van der Waals surface area contributed by atoms with E-state index in [4.69, 9.17) is 0 Å². The molecule has 0 N–H and O–H groups in total. The number of halogens is 1. The van der Waals surface area contributed by atoms with Gasteiger partial charge in [0.05, 0.1) is 17.7 Å². The van der Waals surface area contributed by atoms with Gasteiger partial charge in [-0.2, -0.15) is 0 Å². The molecular formula is C18H15FN4. The van der Waals surface area contributed by atoms with Gasteiger partial charge < -0.3 is 4.40 Å². The lowest BCUT2D eigenvalue weighted by molar-refractivity contribution is 0.627. The first kappa shape index (κ1) is 13.7. The highest BCUT2D eigenvalue weighted by atomic mass is 19.1. The van der Waals surface area contributed by atoms with Crippen molar-refractivity contribution in [1.29, 1.82) is 0 Å². The number of rotatable bonds is 2. The molecule has 0 amide bonds. The number of nitrogens with zero attached hydrogens (tertiary/aromatic N) is 4. The molecule has 0 unspecified atom stereocenters. The number of imidazole rings is 2. The largest absolute Gasteiger partial charge is 0.304 e. The highest BCUT2D eigenvalue weighted by Crippen LogP contribution is 2.27. The Morgan fingerprint density at radius 3 is 2.52 bits per heavy atom. The van der Waals surface area contributed by atoms with Crippen LogP contribution in [0.5, 0.6) is 0 Å². The summed E-state index contributed by atoms with van der Waals surface area (Å²) in [6, 6.07) is 10.4. The van der Waals surface area contributed by atoms with E-state index in [1.807, 2.05) is 36.7 Å². The van der Waals surface area contributed by atoms with Crippen LogP contribution in [0.15, 0.2) is 55.1 Å². The molecule has 0 spiro atoms. The van der Waals surface area contributed by atoms with E-state index in [-0.39, 0.29) is 5.82 Å². The summed E-state index contributed by atoms with van der Waals surface area (Å²) in [5.74, 6) is -0.248. The van der Waals surface area contributed by atoms with E-state index in [0.717, 1.165) is 34.0 Å². The van der Waals surface area contributed by atoms with Gasteiger partial charge in [-0.3, -0.25) is 4.57 Å². The molecule has 0 aliphatic heterocycles. The van der Waals surface area contributed by atoms with E-state index in [1.54, 1.807) is 18.5 Å². The van der Waals surface area contributed by atoms with Gasteiger partial charge in [-0.1, -0.05) is 0 Å². The second-order valence-corrected chi connectivity index (χ2v) is 5.57. The summed E-state index contributed by atoms with van der Waals surface area (Å²) in [7, 11) is 0. The zero-order chi connectivity index (χ0) is 16.0. The maximum absolute atomic E-state index is 13.2. The molecule has 0 aliphatic rings. The standard InChI is InChI=1S/C18H15FN4/c1-12-9-20-17-8-3-14(10-22(12)17)18-13(2)21-11-23(18)16-6-4-15(19)5-7-16/h3-11H,1-2H3. The minimum atomic E-state index is -0.248. The molecular weight excluding hydrogens is 291 g/mol. The minimum Gasteiger partial charge on any atom is -0.304 e. The van der Waals surface area contributed by atoms with Gasteiger partial charge in [0.2, 0.25) is 0 Å². The zero-order valence-electron chi connectivity index (χ0n) is 12.9. The van der Waals surface area contributed by atoms with Crippen LogP contribution in [0.1, 0.15) is 11.4 Å². The van der Waals surface area contributed by atoms with Crippen LogP contribution in [0.4, 0.5) is 4.39 Å². The van der Waals surface area contributed by atoms with Crippen LogP contribution < -0.4 is 0 Å². The molecule has 0 aliphatic carbocycles. The third kappa shape index (κ3) is 2.21. The minimum absolute atomic E-state index is 0.248. The van der Waals surface area contributed by atoms with Gasteiger partial charge in [0.25, 0.3) is 0 Å². The van der Waals surface area contributed by atoms with Gasteiger partial charge in [0.1, 0.15) is 11.5 Å². The van der Waals surface area contributed by atoms with Crippen LogP contribution in [-0.2, 0) is 0 Å². The molecule has 1 aromatic carbocycles. The summed E-state index contributed by atoms with van der Waals surface area (Å²) in [5.41, 5.74) is 5.82. The Hall–Kier alpha value is -2.95. The van der Waals surface area contributed by atoms with Crippen molar-refractivity contribution in [3.8, 4) is 16.9 Å². The Morgan fingerprint density at radius 1 is 0.957 bits per heavy atom. The summed E-state index contributed by atoms with van der Waals surface area (Å²) in [4.78, 5) is 8.78. The quantitative estimate of drug-likeness (QED) is 0.562. The van der Waals surface area contributed by atoms with Crippen molar-refractivity contribution in [2.45, 2.75) is 13.8 Å². The van der Waals surface area contributed by atoms with Crippen molar-refractivity contribution in [3.05, 3.63) is 72.3 Å². The van der Waals surface area contributed by atoms with E-state index >= 15 is 0 Å². The lowest BCUT2D eigenvalue weighted by Crippen LogP contribution is -1.98. The van der Waals surface area contributed by atoms with E-state index in [1.165, 1.54) is 12.1 Å². The topological polar surface area (TPSA) is 35.1 Å². The summed E-state index contributed by atoms with van der Waals surface area (Å²) >= 11 is 0. The molecule has 0 atom stereocenters. The summed E-state index contributed by atoms with van der Waals surface area (Å²) < 4.78 is 17.2. The molecule has 5 heteroatoms. The summed E-state index contributed by atoms with van der Waals surface area (Å²) in [6.45, 7) is 3.99. The van der Waals surface area contributed by atoms with Crippen molar-refractivity contribution < 1.29 is 4.39 Å². The van der Waals surface area contributed by atoms with Crippen molar-refractivity contribution in [2.75, 3.05) is 0 Å². The van der Waals surface area contributed by atoms with Gasteiger partial charge >= 0.3 is 0 Å². The van der Waals surface area contributed by atoms with Gasteiger partial charge in [-0.15, -0.1) is 0 Å². The first-order valence-corrected chi connectivity index (χ1v) is 7.37. The van der Waals surface area contributed by atoms with E-state index < -0.39 is 0 Å². The second-order valence-electron chi connectivity index (χ2n) is 5.57. The first-order chi connectivity index (χ1) is 11.1. The number of benzene rings is 1. The van der Waals surface area contributed by atoms with Crippen LogP contribution in [-0.4, -0.2) is 18.9 Å². The van der Waals surface area contributed by atoms with Gasteiger partial charge in [0, 0.05) is 29.3 Å². The van der Waals surface area contributed by atoms with E-state index in [9.17, 15) is 4.39 Å². The molecule has 0 fully saturated rings. The van der Waals surface area contributed by atoms with Crippen molar-refractivity contribution >= 4 is 5.65 Å². The lowest BCUT2D eigenvalue weighted by Gasteiger charge is -2.10. The Balaban J connectivity index is 1.92. The van der Waals surface area contributed by atoms with Crippen LogP contribution in [0, 0.1) is 19.7 Å². The highest BCUT2D eigenvalue weighted by molar-refractivity contribution is 5.66. The maximum Gasteiger partial charge on any atom is 0.136 e. The zero-order valence-corrected chi connectivity index (χ0v) is 12.9. The predicted molar refractivity (Wildman–Crippen MR) is 87.2 cm³/mol. The van der Waals surface area contributed by atoms with Crippen molar-refractivity contribution in [3.63, 3.8) is 0 Å². The molecule has 0 saturated heterocycles. The van der Waals surface area contributed by atoms with E-state index in [0.29, 0.717) is 0 Å². The highest BCUT2D eigenvalue weighted by Gasteiger charge is 2.13. The predicted octanol–water partition coefficient (Wildman–Crippen LogP) is 3.94. The van der Waals surface area contributed by atoms with Gasteiger partial charge in [0.15, 0.2) is 0 Å². The molecule has 0 bridgehead atoms. The molecule has 23 heavy (non-hydrogen) atoms. The SMILES string of the molecule is Cc1ncn(-c2ccc(F)cc2)c1-c1ccc2ncc(C)n2c1. The molecule has 4 aromatic rings. The fourth-order valence-electron chi connectivity index (χ4n) is 2.83. The fourth-order valence-corrected chi connectivity index (χ4v) is 2.83. The normalized spacial score (nSPS) is 11.3. The number of hydrogen-bond donors (Lipinski definition) is 0. The van der Waals surface area contributed by atoms with Crippen LogP contribution in [0.2, 0.25) is 0 Å². The number of hydrogen-bond acceptors (Lipinski definition) is 2. The number of aromatic nitrogens is 4. The smallest absolute Gasteiger partial charge is 0.136 e. The Labute approximate surface area is 132 Å². The third-order valence-electron chi connectivity index (χ3n) is 4.02. The lowest BCUT2D eigenvalue weighted by atomic mass is 10.1. The fraction of sp³-hybridized carbons (Fsp3) is 0.111. The van der Waals surface area contributed by atoms with E-state index in [2.05, 4.69) is 20.6 Å². The third-order valence-corrected chi connectivity index (χ3v) is 4.02. The molecule has 0 radical (unpaired) electrons. The number of fused-ring (bicyclic) bond motifs is 1. The molecule has 3 heterocycles. The molecule has 0 saturated carbocycles. The van der Waals surface area contributed by atoms with Crippen molar-refractivity contribution in [1.82, 2.24) is 18.9 Å². The molecule has 114 valence electrons. The molecule has 4 rings (SSSR count). The Morgan fingerprint density at radius 2 is 1.74 bits per heavy atom. The Bertz CT molecular complexity index is 996. The van der Waals surface area contributed by atoms with Gasteiger partial charge in [-0.05, 0) is 50.2 Å². The number of pyridine rings is 1. The van der Waals surface area contributed by atoms with Crippen LogP contribution in [0.25, 0.3) is 22.6 Å². The first-order valence-electron chi connectivity index (χ1n) is 7.37. The summed E-state index contributed by atoms with van der Waals surface area (Å²) in [5, 5.41) is 0. The summed E-state index contributed by atoms with van der Waals surface area (Å²) in [6.07, 6.45) is 5.67. The van der Waals surface area contributed by atoms with Gasteiger partial charge in [-0.25, -0.2) is 14.4 Å².